The zero-order valence-electron chi connectivity index (χ0n) is 13.4. The second-order valence-corrected chi connectivity index (χ2v) is 5.80. The summed E-state index contributed by atoms with van der Waals surface area (Å²) in [5, 5.41) is 14.7. The van der Waals surface area contributed by atoms with Crippen LogP contribution in [-0.4, -0.2) is 26.1 Å². The number of aromatic nitrogens is 4. The van der Waals surface area contributed by atoms with E-state index in [4.69, 9.17) is 11.6 Å². The van der Waals surface area contributed by atoms with E-state index in [1.165, 1.54) is 17.7 Å². The third-order valence-electron chi connectivity index (χ3n) is 3.56. The van der Waals surface area contributed by atoms with Crippen molar-refractivity contribution >= 4 is 23.2 Å². The van der Waals surface area contributed by atoms with Crippen molar-refractivity contribution in [3.8, 4) is 11.4 Å². The van der Waals surface area contributed by atoms with Gasteiger partial charge >= 0.3 is 0 Å². The number of anilines is 1. The number of hydrogen-bond donors (Lipinski definition) is 1. The maximum absolute atomic E-state index is 13.7. The van der Waals surface area contributed by atoms with E-state index in [0.29, 0.717) is 5.82 Å². The normalized spacial score (nSPS) is 10.7. The minimum absolute atomic E-state index is 0.0462. The molecule has 3 aromatic rings. The Morgan fingerprint density at radius 1 is 1.24 bits per heavy atom. The molecule has 0 aliphatic heterocycles. The van der Waals surface area contributed by atoms with E-state index < -0.39 is 11.7 Å². The van der Waals surface area contributed by atoms with Crippen molar-refractivity contribution in [2.24, 2.45) is 0 Å². The Hall–Kier alpha value is -2.80. The number of nitrogens with one attached hydrogen (secondary N) is 1. The van der Waals surface area contributed by atoms with Gasteiger partial charge in [-0.1, -0.05) is 42.8 Å². The number of benzene rings is 2. The quantitative estimate of drug-likeness (QED) is 0.758. The van der Waals surface area contributed by atoms with Crippen LogP contribution >= 0.6 is 11.6 Å². The molecule has 0 fully saturated rings. The first-order valence-corrected chi connectivity index (χ1v) is 8.05. The lowest BCUT2D eigenvalue weighted by Crippen LogP contribution is -2.21. The highest BCUT2D eigenvalue weighted by Gasteiger charge is 2.11. The SMILES string of the molecule is CCc1ccc(-c2nnn(CC(=O)Nc3ccc(Cl)cc3F)n2)cc1. The van der Waals surface area contributed by atoms with Crippen LogP contribution < -0.4 is 5.32 Å². The summed E-state index contributed by atoms with van der Waals surface area (Å²) in [6, 6.07) is 11.8. The molecule has 8 heteroatoms. The van der Waals surface area contributed by atoms with Gasteiger partial charge in [-0.2, -0.15) is 4.80 Å². The number of nitrogens with zero attached hydrogens (tertiary/aromatic N) is 4. The molecule has 2 aromatic carbocycles. The van der Waals surface area contributed by atoms with Gasteiger partial charge in [0.05, 0.1) is 5.69 Å². The van der Waals surface area contributed by atoms with E-state index in [1.807, 2.05) is 24.3 Å². The molecule has 1 N–H and O–H groups in total. The van der Waals surface area contributed by atoms with Gasteiger partial charge in [0, 0.05) is 10.6 Å². The highest BCUT2D eigenvalue weighted by atomic mass is 35.5. The molecule has 1 amide bonds. The standard InChI is InChI=1S/C17H15ClFN5O/c1-2-11-3-5-12(6-4-11)17-21-23-24(22-17)10-16(25)20-15-8-7-13(18)9-14(15)19/h3-9H,2,10H2,1H3,(H,20,25). The Kier molecular flexibility index (Phi) is 5.04. The molecule has 3 rings (SSSR count). The van der Waals surface area contributed by atoms with Gasteiger partial charge in [0.25, 0.3) is 0 Å². The number of aryl methyl sites for hydroxylation is 1. The molecule has 0 bridgehead atoms. The highest BCUT2D eigenvalue weighted by Crippen LogP contribution is 2.19. The maximum Gasteiger partial charge on any atom is 0.248 e. The minimum atomic E-state index is -0.607. The molecule has 0 aliphatic rings. The van der Waals surface area contributed by atoms with E-state index in [-0.39, 0.29) is 17.3 Å². The lowest BCUT2D eigenvalue weighted by molar-refractivity contribution is -0.117. The van der Waals surface area contributed by atoms with Crippen LogP contribution in [0.15, 0.2) is 42.5 Å². The largest absolute Gasteiger partial charge is 0.322 e. The van der Waals surface area contributed by atoms with Gasteiger partial charge in [-0.15, -0.1) is 10.2 Å². The number of halogens is 2. The first kappa shape index (κ1) is 17.0. The molecule has 0 aliphatic carbocycles. The van der Waals surface area contributed by atoms with Gasteiger partial charge in [-0.3, -0.25) is 4.79 Å². The summed E-state index contributed by atoms with van der Waals surface area (Å²) in [7, 11) is 0. The predicted molar refractivity (Wildman–Crippen MR) is 92.7 cm³/mol. The number of carbonyl (C=O) groups is 1. The molecule has 1 heterocycles. The molecule has 0 unspecified atom stereocenters. The first-order valence-electron chi connectivity index (χ1n) is 7.67. The zero-order chi connectivity index (χ0) is 17.8. The van der Waals surface area contributed by atoms with E-state index in [2.05, 4.69) is 27.7 Å². The van der Waals surface area contributed by atoms with Crippen molar-refractivity contribution in [3.05, 3.63) is 58.9 Å². The van der Waals surface area contributed by atoms with Crippen LogP contribution in [0.3, 0.4) is 0 Å². The van der Waals surface area contributed by atoms with Crippen molar-refractivity contribution in [1.29, 1.82) is 0 Å². The van der Waals surface area contributed by atoms with E-state index in [0.717, 1.165) is 22.8 Å². The van der Waals surface area contributed by atoms with Crippen molar-refractivity contribution in [3.63, 3.8) is 0 Å². The summed E-state index contributed by atoms with van der Waals surface area (Å²) >= 11 is 5.68. The number of hydrogen-bond acceptors (Lipinski definition) is 4. The molecule has 128 valence electrons. The smallest absolute Gasteiger partial charge is 0.248 e. The van der Waals surface area contributed by atoms with Gasteiger partial charge in [0.2, 0.25) is 11.7 Å². The van der Waals surface area contributed by atoms with Gasteiger partial charge in [0.15, 0.2) is 0 Å². The Bertz CT molecular complexity index is 894. The number of rotatable bonds is 5. The van der Waals surface area contributed by atoms with E-state index in [9.17, 15) is 9.18 Å². The van der Waals surface area contributed by atoms with Crippen LogP contribution in [0.4, 0.5) is 10.1 Å². The highest BCUT2D eigenvalue weighted by molar-refractivity contribution is 6.30. The number of carbonyl (C=O) groups excluding carboxylic acids is 1. The second-order valence-electron chi connectivity index (χ2n) is 5.37. The summed E-state index contributed by atoms with van der Waals surface area (Å²) in [6.45, 7) is 1.90. The molecule has 0 radical (unpaired) electrons. The summed E-state index contributed by atoms with van der Waals surface area (Å²) < 4.78 is 13.7. The molecule has 0 saturated heterocycles. The van der Waals surface area contributed by atoms with E-state index >= 15 is 0 Å². The minimum Gasteiger partial charge on any atom is -0.322 e. The van der Waals surface area contributed by atoms with Gasteiger partial charge < -0.3 is 5.32 Å². The fourth-order valence-electron chi connectivity index (χ4n) is 2.22. The fourth-order valence-corrected chi connectivity index (χ4v) is 2.38. The average Bonchev–Trinajstić information content (AvgIpc) is 3.06. The fraction of sp³-hybridized carbons (Fsp3) is 0.176. The van der Waals surface area contributed by atoms with Crippen LogP contribution in [0.2, 0.25) is 5.02 Å². The van der Waals surface area contributed by atoms with Crippen LogP contribution in [0.1, 0.15) is 12.5 Å². The molecule has 6 nitrogen and oxygen atoms in total. The summed E-state index contributed by atoms with van der Waals surface area (Å²) in [5.74, 6) is -0.649. The summed E-state index contributed by atoms with van der Waals surface area (Å²) in [5.41, 5.74) is 2.07. The summed E-state index contributed by atoms with van der Waals surface area (Å²) in [4.78, 5) is 13.2. The third kappa shape index (κ3) is 4.19. The molecule has 1 aromatic heterocycles. The molecule has 25 heavy (non-hydrogen) atoms. The van der Waals surface area contributed by atoms with Crippen molar-refractivity contribution in [2.75, 3.05) is 5.32 Å². The van der Waals surface area contributed by atoms with E-state index in [1.54, 1.807) is 0 Å². The third-order valence-corrected chi connectivity index (χ3v) is 3.80. The Labute approximate surface area is 148 Å². The molecule has 0 spiro atoms. The summed E-state index contributed by atoms with van der Waals surface area (Å²) in [6.07, 6.45) is 0.946. The topological polar surface area (TPSA) is 72.7 Å². The Balaban J connectivity index is 1.67. The molecule has 0 atom stereocenters. The lowest BCUT2D eigenvalue weighted by atomic mass is 10.1. The van der Waals surface area contributed by atoms with Crippen molar-refractivity contribution in [2.45, 2.75) is 19.9 Å². The van der Waals surface area contributed by atoms with Crippen molar-refractivity contribution in [1.82, 2.24) is 20.2 Å². The van der Waals surface area contributed by atoms with Gasteiger partial charge in [-0.05, 0) is 35.4 Å². The average molecular weight is 360 g/mol. The monoisotopic (exact) mass is 359 g/mol. The van der Waals surface area contributed by atoms with Gasteiger partial charge in [0.1, 0.15) is 12.4 Å². The maximum atomic E-state index is 13.7. The molecular formula is C17H15ClFN5O. The van der Waals surface area contributed by atoms with Crippen LogP contribution in [0.25, 0.3) is 11.4 Å². The Morgan fingerprint density at radius 3 is 2.68 bits per heavy atom. The zero-order valence-corrected chi connectivity index (χ0v) is 14.2. The van der Waals surface area contributed by atoms with Crippen LogP contribution in [-0.2, 0) is 17.8 Å². The predicted octanol–water partition coefficient (Wildman–Crippen LogP) is 3.33. The first-order chi connectivity index (χ1) is 12.0. The van der Waals surface area contributed by atoms with Crippen LogP contribution in [0, 0.1) is 5.82 Å². The number of amides is 1. The number of tetrazole rings is 1. The molecule has 0 saturated carbocycles. The van der Waals surface area contributed by atoms with Crippen LogP contribution in [0.5, 0.6) is 0 Å². The van der Waals surface area contributed by atoms with Crippen molar-refractivity contribution < 1.29 is 9.18 Å². The lowest BCUT2D eigenvalue weighted by Gasteiger charge is -2.05. The van der Waals surface area contributed by atoms with Gasteiger partial charge in [-0.25, -0.2) is 4.39 Å². The molecular weight excluding hydrogens is 345 g/mol. The Morgan fingerprint density at radius 2 is 2.00 bits per heavy atom. The second kappa shape index (κ2) is 7.40.